The lowest BCUT2D eigenvalue weighted by atomic mass is 9.97. The highest BCUT2D eigenvalue weighted by Gasteiger charge is 2.24. The normalized spacial score (nSPS) is 14.2. The van der Waals surface area contributed by atoms with Crippen molar-refractivity contribution in [1.82, 2.24) is 4.57 Å². The standard InChI is InChI=1S/C54H44N2/c1-3-13-39(14-4-1)41-25-27-42(28-26-41)44-31-35-48(36-32-44)55(47-33-29-43(30-34-47)40-15-5-2-6-16-40)49-19-11-17-45(37-49)46-18-12-20-50(38-46)56-53-23-9-7-21-51(53)52-22-8-10-24-54(52)56/h1-5,7-8,11-15,17-22,25-38H,6,9-10,16,23-24H2. The van der Waals surface area contributed by atoms with Gasteiger partial charge in [-0.25, -0.2) is 0 Å². The van der Waals surface area contributed by atoms with Crippen LogP contribution in [-0.4, -0.2) is 4.57 Å². The molecule has 1 heterocycles. The largest absolute Gasteiger partial charge is 0.317 e. The molecule has 56 heavy (non-hydrogen) atoms. The molecule has 0 unspecified atom stereocenters. The summed E-state index contributed by atoms with van der Waals surface area (Å²) in [6.07, 6.45) is 22.5. The second kappa shape index (κ2) is 14.9. The first kappa shape index (κ1) is 33.9. The molecule has 0 fully saturated rings. The number of hydrogen-bond donors (Lipinski definition) is 0. The molecule has 0 saturated heterocycles. The van der Waals surface area contributed by atoms with E-state index in [2.05, 4.69) is 204 Å². The molecule has 270 valence electrons. The molecule has 0 bridgehead atoms. The van der Waals surface area contributed by atoms with Gasteiger partial charge in [0.2, 0.25) is 0 Å². The summed E-state index contributed by atoms with van der Waals surface area (Å²) in [6, 6.07) is 55.8. The molecule has 2 nitrogen and oxygen atoms in total. The van der Waals surface area contributed by atoms with Gasteiger partial charge in [0, 0.05) is 45.3 Å². The first-order valence-electron chi connectivity index (χ1n) is 20.1. The van der Waals surface area contributed by atoms with E-state index in [1.807, 2.05) is 0 Å². The maximum atomic E-state index is 2.56. The van der Waals surface area contributed by atoms with Gasteiger partial charge in [-0.1, -0.05) is 146 Å². The van der Waals surface area contributed by atoms with E-state index in [0.717, 1.165) is 55.6 Å². The summed E-state index contributed by atoms with van der Waals surface area (Å²) < 4.78 is 2.56. The summed E-state index contributed by atoms with van der Waals surface area (Å²) in [4.78, 5) is 2.39. The van der Waals surface area contributed by atoms with Crippen LogP contribution in [0.2, 0.25) is 0 Å². The van der Waals surface area contributed by atoms with Gasteiger partial charge >= 0.3 is 0 Å². The third-order valence-electron chi connectivity index (χ3n) is 11.6. The Morgan fingerprint density at radius 2 is 0.911 bits per heavy atom. The molecule has 3 aliphatic carbocycles. The number of nitrogens with zero attached hydrogens (tertiary/aromatic N) is 2. The average Bonchev–Trinajstić information content (AvgIpc) is 3.62. The lowest BCUT2D eigenvalue weighted by Crippen LogP contribution is -2.10. The summed E-state index contributed by atoms with van der Waals surface area (Å²) in [5.41, 5.74) is 20.3. The van der Waals surface area contributed by atoms with Gasteiger partial charge < -0.3 is 9.47 Å². The van der Waals surface area contributed by atoms with Crippen LogP contribution in [0.3, 0.4) is 0 Å². The summed E-state index contributed by atoms with van der Waals surface area (Å²) in [7, 11) is 0. The van der Waals surface area contributed by atoms with E-state index in [0.29, 0.717) is 0 Å². The topological polar surface area (TPSA) is 8.17 Å². The predicted octanol–water partition coefficient (Wildman–Crippen LogP) is 14.6. The number of fused-ring (bicyclic) bond motifs is 3. The van der Waals surface area contributed by atoms with Gasteiger partial charge in [0.25, 0.3) is 0 Å². The van der Waals surface area contributed by atoms with E-state index in [1.54, 1.807) is 0 Å². The minimum absolute atomic E-state index is 1.08. The Morgan fingerprint density at radius 1 is 0.393 bits per heavy atom. The molecule has 2 heteroatoms. The second-order valence-corrected chi connectivity index (χ2v) is 15.1. The smallest absolute Gasteiger partial charge is 0.0467 e. The van der Waals surface area contributed by atoms with Crippen LogP contribution in [0.15, 0.2) is 182 Å². The molecule has 10 rings (SSSR count). The second-order valence-electron chi connectivity index (χ2n) is 15.1. The predicted molar refractivity (Wildman–Crippen MR) is 238 cm³/mol. The van der Waals surface area contributed by atoms with Crippen LogP contribution in [0, 0.1) is 0 Å². The highest BCUT2D eigenvalue weighted by atomic mass is 15.1. The van der Waals surface area contributed by atoms with Crippen LogP contribution in [0.4, 0.5) is 17.1 Å². The fourth-order valence-electron chi connectivity index (χ4n) is 8.79. The van der Waals surface area contributed by atoms with Crippen molar-refractivity contribution in [2.45, 2.75) is 38.5 Å². The Labute approximate surface area is 330 Å². The van der Waals surface area contributed by atoms with Gasteiger partial charge in [-0.3, -0.25) is 0 Å². The van der Waals surface area contributed by atoms with Gasteiger partial charge in [0.1, 0.15) is 0 Å². The van der Waals surface area contributed by atoms with E-state index in [-0.39, 0.29) is 0 Å². The Bertz CT molecular complexity index is 2610. The number of rotatable bonds is 8. The molecule has 1 aromatic heterocycles. The first-order chi connectivity index (χ1) is 27.8. The summed E-state index contributed by atoms with van der Waals surface area (Å²) >= 11 is 0. The van der Waals surface area contributed by atoms with Crippen molar-refractivity contribution in [3.05, 3.63) is 210 Å². The van der Waals surface area contributed by atoms with Crippen molar-refractivity contribution < 1.29 is 0 Å². The summed E-state index contributed by atoms with van der Waals surface area (Å²) in [6.45, 7) is 0. The molecule has 0 amide bonds. The Kier molecular flexibility index (Phi) is 9.01. The molecule has 7 aromatic rings. The summed E-state index contributed by atoms with van der Waals surface area (Å²) in [5.74, 6) is 0. The third-order valence-corrected chi connectivity index (χ3v) is 11.6. The highest BCUT2D eigenvalue weighted by molar-refractivity contribution is 5.83. The fraction of sp³-hybridized carbons (Fsp3) is 0.111. The molecular weight excluding hydrogens is 677 g/mol. The lowest BCUT2D eigenvalue weighted by Gasteiger charge is -2.27. The molecule has 6 aromatic carbocycles. The van der Waals surface area contributed by atoms with E-state index in [1.165, 1.54) is 72.7 Å². The first-order valence-corrected chi connectivity index (χ1v) is 20.1. The molecule has 0 saturated carbocycles. The monoisotopic (exact) mass is 720 g/mol. The van der Waals surface area contributed by atoms with Crippen molar-refractivity contribution >= 4 is 34.8 Å². The Balaban J connectivity index is 1.02. The van der Waals surface area contributed by atoms with Gasteiger partial charge in [-0.2, -0.15) is 0 Å². The molecule has 0 aliphatic heterocycles. The van der Waals surface area contributed by atoms with Crippen LogP contribution in [-0.2, 0) is 12.8 Å². The van der Waals surface area contributed by atoms with E-state index < -0.39 is 0 Å². The number of benzene rings is 6. The Morgan fingerprint density at radius 3 is 1.52 bits per heavy atom. The lowest BCUT2D eigenvalue weighted by molar-refractivity contribution is 0.813. The molecule has 3 aliphatic rings. The number of aromatic nitrogens is 1. The van der Waals surface area contributed by atoms with Crippen LogP contribution in [0.25, 0.3) is 56.8 Å². The number of hydrogen-bond acceptors (Lipinski definition) is 1. The molecule has 0 atom stereocenters. The zero-order valence-electron chi connectivity index (χ0n) is 31.6. The van der Waals surface area contributed by atoms with Crippen molar-refractivity contribution in [3.8, 4) is 39.1 Å². The zero-order valence-corrected chi connectivity index (χ0v) is 31.6. The molecule has 0 radical (unpaired) electrons. The number of anilines is 3. The van der Waals surface area contributed by atoms with Crippen molar-refractivity contribution in [1.29, 1.82) is 0 Å². The minimum Gasteiger partial charge on any atom is -0.317 e. The molecule has 0 spiro atoms. The van der Waals surface area contributed by atoms with E-state index in [4.69, 9.17) is 0 Å². The van der Waals surface area contributed by atoms with Crippen LogP contribution in [0.1, 0.15) is 53.8 Å². The Hall–Kier alpha value is -6.64. The zero-order chi connectivity index (χ0) is 37.3. The van der Waals surface area contributed by atoms with Crippen LogP contribution >= 0.6 is 0 Å². The molecular formula is C54H44N2. The van der Waals surface area contributed by atoms with Crippen molar-refractivity contribution in [2.24, 2.45) is 0 Å². The van der Waals surface area contributed by atoms with Gasteiger partial charge in [-0.05, 0) is 132 Å². The summed E-state index contributed by atoms with van der Waals surface area (Å²) in [5, 5.41) is 0. The van der Waals surface area contributed by atoms with Crippen molar-refractivity contribution in [3.63, 3.8) is 0 Å². The maximum Gasteiger partial charge on any atom is 0.0467 e. The fourth-order valence-corrected chi connectivity index (χ4v) is 8.79. The van der Waals surface area contributed by atoms with Crippen LogP contribution in [0.5, 0.6) is 0 Å². The van der Waals surface area contributed by atoms with Gasteiger partial charge in [-0.15, -0.1) is 0 Å². The van der Waals surface area contributed by atoms with Gasteiger partial charge in [0.15, 0.2) is 0 Å². The van der Waals surface area contributed by atoms with E-state index in [9.17, 15) is 0 Å². The minimum atomic E-state index is 1.08. The van der Waals surface area contributed by atoms with Crippen molar-refractivity contribution in [2.75, 3.05) is 4.90 Å². The average molecular weight is 721 g/mol. The third kappa shape index (κ3) is 6.48. The number of allylic oxidation sites excluding steroid dienone is 6. The molecule has 0 N–H and O–H groups in total. The van der Waals surface area contributed by atoms with Crippen LogP contribution < -0.4 is 4.90 Å². The maximum absolute atomic E-state index is 2.56. The highest BCUT2D eigenvalue weighted by Crippen LogP contribution is 2.40. The van der Waals surface area contributed by atoms with E-state index >= 15 is 0 Å². The van der Waals surface area contributed by atoms with Gasteiger partial charge in [0.05, 0.1) is 0 Å². The quantitative estimate of drug-likeness (QED) is 0.152. The SMILES string of the molecule is C1=CCCC(c2ccc(N(c3ccc(-c4ccc(-c5ccccc5)cc4)cc3)c3cccc(-c4cccc(-n5c6c(c7c5CCC=C7)C=CCC6)c4)c3)cc2)=C1.